The van der Waals surface area contributed by atoms with E-state index in [4.69, 9.17) is 10.5 Å². The summed E-state index contributed by atoms with van der Waals surface area (Å²) >= 11 is 0. The monoisotopic (exact) mass is 811 g/mol. The number of hydrogen-bond donors (Lipinski definition) is 3. The molecule has 0 radical (unpaired) electrons. The first-order chi connectivity index (χ1) is 27.1. The average molecular weight is 812 g/mol. The lowest BCUT2D eigenvalue weighted by atomic mass is 9.96. The molecule has 0 amide bonds. The van der Waals surface area contributed by atoms with Crippen molar-refractivity contribution < 1.29 is 31.3 Å². The Hall–Kier alpha value is -5.90. The minimum Gasteiger partial charge on any atom is -0.460 e. The van der Waals surface area contributed by atoms with Crippen LogP contribution in [0.15, 0.2) is 136 Å². The number of fused-ring (bicyclic) bond motifs is 1. The Bertz CT molecular complexity index is 2480. The van der Waals surface area contributed by atoms with Crippen molar-refractivity contribution in [3.8, 4) is 0 Å². The number of ether oxygens (including phenoxy) is 1. The summed E-state index contributed by atoms with van der Waals surface area (Å²) in [6, 6.07) is 30.1. The van der Waals surface area contributed by atoms with Gasteiger partial charge in [-0.1, -0.05) is 103 Å². The van der Waals surface area contributed by atoms with Crippen molar-refractivity contribution in [1.29, 1.82) is 0 Å². The topological polar surface area (TPSA) is 200 Å². The van der Waals surface area contributed by atoms with Gasteiger partial charge in [0.2, 0.25) is 16.0 Å². The van der Waals surface area contributed by atoms with E-state index in [1.807, 2.05) is 79.7 Å². The Balaban J connectivity index is 1.38. The molecule has 5 aromatic carbocycles. The summed E-state index contributed by atoms with van der Waals surface area (Å²) in [6.45, 7) is 5.34. The molecule has 15 heteroatoms. The molecule has 0 aromatic heterocycles. The van der Waals surface area contributed by atoms with Crippen molar-refractivity contribution in [3.63, 3.8) is 0 Å². The summed E-state index contributed by atoms with van der Waals surface area (Å²) in [4.78, 5) is 28.3. The molecule has 13 nitrogen and oxygen atoms in total. The number of aryl methyl sites for hydroxylation is 3. The predicted molar refractivity (Wildman–Crippen MR) is 220 cm³/mol. The van der Waals surface area contributed by atoms with Gasteiger partial charge in [0.1, 0.15) is 6.61 Å². The smallest absolute Gasteiger partial charge is 0.313 e. The molecule has 0 heterocycles. The van der Waals surface area contributed by atoms with Crippen molar-refractivity contribution in [1.82, 2.24) is 9.44 Å². The largest absolute Gasteiger partial charge is 0.460 e. The summed E-state index contributed by atoms with van der Waals surface area (Å²) in [5, 5.41) is 13.2. The third-order valence-electron chi connectivity index (χ3n) is 9.10. The normalized spacial score (nSPS) is 13.4. The molecule has 0 saturated carbocycles. The van der Waals surface area contributed by atoms with Gasteiger partial charge in [-0.25, -0.2) is 26.3 Å². The molecule has 0 spiro atoms. The van der Waals surface area contributed by atoms with E-state index in [1.54, 1.807) is 38.1 Å². The van der Waals surface area contributed by atoms with E-state index in [2.05, 4.69) is 14.4 Å². The summed E-state index contributed by atoms with van der Waals surface area (Å²) < 4.78 is 64.2. The summed E-state index contributed by atoms with van der Waals surface area (Å²) in [5.41, 5.74) is 9.44. The molecule has 0 unspecified atom stereocenters. The van der Waals surface area contributed by atoms with Gasteiger partial charge >= 0.3 is 5.97 Å². The molecule has 5 aromatic rings. The highest BCUT2D eigenvalue weighted by molar-refractivity contribution is 7.90. The van der Waals surface area contributed by atoms with Crippen LogP contribution in [0, 0.1) is 36.8 Å². The second-order valence-corrected chi connectivity index (χ2v) is 17.0. The third kappa shape index (κ3) is 11.8. The van der Waals surface area contributed by atoms with Gasteiger partial charge in [0.15, 0.2) is 0 Å². The number of sulfonamides is 2. The Morgan fingerprint density at radius 1 is 0.825 bits per heavy atom. The molecule has 0 saturated heterocycles. The molecular weight excluding hydrogens is 767 g/mol. The van der Waals surface area contributed by atoms with Gasteiger partial charge in [0.25, 0.3) is 15.7 Å². The summed E-state index contributed by atoms with van der Waals surface area (Å²) in [5.74, 6) is -1.65. The Kier molecular flexibility index (Phi) is 14.0. The third-order valence-corrected chi connectivity index (χ3v) is 12.3. The number of carbonyl (C=O) groups excluding carboxylic acids is 1. The van der Waals surface area contributed by atoms with E-state index in [1.165, 1.54) is 0 Å². The molecule has 0 aliphatic heterocycles. The van der Waals surface area contributed by atoms with Crippen LogP contribution in [-0.2, 0) is 42.6 Å². The van der Waals surface area contributed by atoms with E-state index in [0.717, 1.165) is 51.7 Å². The highest BCUT2D eigenvalue weighted by Gasteiger charge is 2.24. The molecule has 0 bridgehead atoms. The van der Waals surface area contributed by atoms with Crippen LogP contribution in [-0.4, -0.2) is 46.3 Å². The van der Waals surface area contributed by atoms with Crippen LogP contribution in [0.2, 0.25) is 0 Å². The molecular formula is C42H45N5O8S2. The minimum absolute atomic E-state index is 0.0312. The molecule has 298 valence electrons. The first-order valence-corrected chi connectivity index (χ1v) is 21.1. The number of nitrogens with zero attached hydrogens (tertiary/aromatic N) is 2. The van der Waals surface area contributed by atoms with Crippen molar-refractivity contribution in [3.05, 3.63) is 159 Å². The lowest BCUT2D eigenvalue weighted by Gasteiger charge is -2.18. The zero-order chi connectivity index (χ0) is 41.2. The van der Waals surface area contributed by atoms with E-state index in [-0.39, 0.29) is 53.9 Å². The van der Waals surface area contributed by atoms with E-state index < -0.39 is 42.9 Å². The van der Waals surface area contributed by atoms with Crippen LogP contribution >= 0.6 is 0 Å². The average Bonchev–Trinajstić information content (AvgIpc) is 3.16. The van der Waals surface area contributed by atoms with Crippen LogP contribution in [0.3, 0.4) is 0 Å². The summed E-state index contributed by atoms with van der Waals surface area (Å²) in [6.07, 6.45) is 3.86. The number of carbonyl (C=O) groups is 1. The van der Waals surface area contributed by atoms with Gasteiger partial charge in [0.05, 0.1) is 20.6 Å². The number of hydrogen-bond acceptors (Lipinski definition) is 9. The zero-order valence-corrected chi connectivity index (χ0v) is 33.4. The quantitative estimate of drug-likeness (QED) is 0.0177. The number of guanidine groups is 1. The summed E-state index contributed by atoms with van der Waals surface area (Å²) in [7, 11) is -8.25. The van der Waals surface area contributed by atoms with E-state index in [9.17, 15) is 31.7 Å². The zero-order valence-electron chi connectivity index (χ0n) is 31.8. The fourth-order valence-corrected chi connectivity index (χ4v) is 9.12. The lowest BCUT2D eigenvalue weighted by molar-refractivity contribution is -0.384. The number of esters is 1. The highest BCUT2D eigenvalue weighted by Crippen LogP contribution is 2.23. The molecule has 0 fully saturated rings. The number of non-ortho nitro benzene ring substituents is 1. The maximum atomic E-state index is 13.6. The molecule has 0 aliphatic carbocycles. The van der Waals surface area contributed by atoms with Gasteiger partial charge in [-0.3, -0.25) is 19.9 Å². The van der Waals surface area contributed by atoms with Crippen LogP contribution in [0.5, 0.6) is 0 Å². The van der Waals surface area contributed by atoms with Crippen molar-refractivity contribution >= 4 is 48.4 Å². The fraction of sp³-hybridized carbons (Fsp3) is 0.238. The van der Waals surface area contributed by atoms with Crippen LogP contribution in [0.1, 0.15) is 40.7 Å². The SMILES string of the molecule is Cc1cc(C)c(S(=O)(=O)NC(N)=NCCC[C@@H](/C=C/[C@@H](Cc2ccc3ccccc3c2)C(=O)OCc2ccccc2)NS(=O)(=O)c2ccc([N+](=O)[O-])cc2)c(C)c1. The van der Waals surface area contributed by atoms with Crippen LogP contribution in [0.4, 0.5) is 5.69 Å². The molecule has 5 rings (SSSR count). The predicted octanol–water partition coefficient (Wildman–Crippen LogP) is 6.55. The minimum atomic E-state index is -4.21. The molecule has 4 N–H and O–H groups in total. The maximum absolute atomic E-state index is 13.6. The van der Waals surface area contributed by atoms with Gasteiger partial charge in [-0.2, -0.15) is 0 Å². The van der Waals surface area contributed by atoms with Gasteiger partial charge < -0.3 is 10.5 Å². The van der Waals surface area contributed by atoms with Crippen LogP contribution in [0.25, 0.3) is 10.8 Å². The van der Waals surface area contributed by atoms with Crippen molar-refractivity contribution in [2.45, 2.75) is 62.5 Å². The van der Waals surface area contributed by atoms with E-state index in [0.29, 0.717) is 11.1 Å². The van der Waals surface area contributed by atoms with Gasteiger partial charge in [-0.15, -0.1) is 0 Å². The first kappa shape index (κ1) is 42.2. The standard InChI is InChI=1S/C42H45N5O8S2/c1-29-24-30(2)40(31(3)25-29)57(53,54)46-42(43)44-23-9-14-37(45-56(51,52)39-21-19-38(20-22-39)47(49)50)18-17-36(41(48)55-28-32-10-5-4-6-11-32)27-33-15-16-34-12-7-8-13-35(34)26-33/h4-8,10-13,15-22,24-26,36-37,45H,9,14,23,27-28H2,1-3H3,(H3,43,44,46)/b18-17+/t36-,37-/m0/s1. The van der Waals surface area contributed by atoms with Crippen LogP contribution < -0.4 is 15.2 Å². The van der Waals surface area contributed by atoms with Crippen molar-refractivity contribution in [2.75, 3.05) is 6.54 Å². The number of nitrogens with two attached hydrogens (primary N) is 1. The number of nitro benzene ring substituents is 1. The molecule has 2 atom stereocenters. The first-order valence-electron chi connectivity index (χ1n) is 18.2. The fourth-order valence-electron chi connectivity index (χ4n) is 6.48. The molecule has 57 heavy (non-hydrogen) atoms. The molecule has 0 aliphatic rings. The highest BCUT2D eigenvalue weighted by atomic mass is 32.2. The second-order valence-electron chi connectivity index (χ2n) is 13.7. The maximum Gasteiger partial charge on any atom is 0.313 e. The van der Waals surface area contributed by atoms with Gasteiger partial charge in [0, 0.05) is 24.7 Å². The lowest BCUT2D eigenvalue weighted by Crippen LogP contribution is -2.37. The number of nitro groups is 1. The Morgan fingerprint density at radius 2 is 1.47 bits per heavy atom. The Labute approximate surface area is 332 Å². The second kappa shape index (κ2) is 18.8. The number of rotatable bonds is 17. The number of nitrogens with one attached hydrogen (secondary N) is 2. The van der Waals surface area contributed by atoms with E-state index >= 15 is 0 Å². The van der Waals surface area contributed by atoms with Crippen molar-refractivity contribution in [2.24, 2.45) is 16.6 Å². The van der Waals surface area contributed by atoms with Gasteiger partial charge in [-0.05, 0) is 85.2 Å². The number of benzene rings is 5. The number of aliphatic imine (C=N–C) groups is 1. The Morgan fingerprint density at radius 3 is 2.14 bits per heavy atom.